The van der Waals surface area contributed by atoms with Gasteiger partial charge < -0.3 is 40.5 Å². The molecule has 3 aliphatic rings. The van der Waals surface area contributed by atoms with Crippen LogP contribution >= 0.6 is 0 Å². The second-order valence-electron chi connectivity index (χ2n) is 9.55. The Bertz CT molecular complexity index is 1230. The highest BCUT2D eigenvalue weighted by Gasteiger charge is 2.32. The molecule has 0 aromatic heterocycles. The molecule has 208 valence electrons. The summed E-state index contributed by atoms with van der Waals surface area (Å²) in [6.07, 6.45) is -1.14. The molecule has 39 heavy (non-hydrogen) atoms. The number of nitrogens with zero attached hydrogens (tertiary/aromatic N) is 1. The maximum absolute atomic E-state index is 13.3. The Morgan fingerprint density at radius 1 is 0.974 bits per heavy atom. The van der Waals surface area contributed by atoms with E-state index in [1.54, 1.807) is 29.2 Å². The molecular formula is C27H32N4O8. The van der Waals surface area contributed by atoms with Crippen LogP contribution in [-0.2, 0) is 25.5 Å². The Balaban J connectivity index is 1.68. The monoisotopic (exact) mass is 540 g/mol. The Hall–Kier alpha value is -4.16. The molecule has 4 atom stereocenters. The summed E-state index contributed by atoms with van der Waals surface area (Å²) >= 11 is 0. The smallest absolute Gasteiger partial charge is 0.255 e. The van der Waals surface area contributed by atoms with Crippen LogP contribution in [0.3, 0.4) is 0 Å². The molecule has 0 radical (unpaired) electrons. The predicted octanol–water partition coefficient (Wildman–Crippen LogP) is 0.0681. The molecular weight excluding hydrogens is 508 g/mol. The van der Waals surface area contributed by atoms with Crippen molar-refractivity contribution in [3.05, 3.63) is 53.6 Å². The number of aliphatic hydroxyl groups is 1. The standard InChI is InChI=1S/C27H32N4O8/c1-15-24(34)29-21(27(37)31-9-11-38-12-10-31)13-17-3-5-18(6-4-17)39-19-7-8-22(33)20(14-19)25(35)30-23(16(2)32)26(36)28-15/h3-8,14-16,21,23,32-33H,9-13H2,1-2H3,(H,28,36)(H,29,34)(H,30,35)/t15-,16+,21-,23-/m0/s1. The molecule has 3 aliphatic heterocycles. The van der Waals surface area contributed by atoms with E-state index in [0.717, 1.165) is 5.56 Å². The number of rotatable bonds is 2. The summed E-state index contributed by atoms with van der Waals surface area (Å²) in [5.74, 6) is -2.19. The van der Waals surface area contributed by atoms with Crippen LogP contribution in [0.4, 0.5) is 0 Å². The van der Waals surface area contributed by atoms with Crippen molar-refractivity contribution in [3.63, 3.8) is 0 Å². The third-order valence-electron chi connectivity index (χ3n) is 6.55. The van der Waals surface area contributed by atoms with Crippen LogP contribution < -0.4 is 20.7 Å². The van der Waals surface area contributed by atoms with Crippen molar-refractivity contribution in [2.24, 2.45) is 0 Å². The van der Waals surface area contributed by atoms with Crippen LogP contribution in [-0.4, -0.2) is 89.3 Å². The number of morpholine rings is 1. The fraction of sp³-hybridized carbons (Fsp3) is 0.407. The number of benzene rings is 2. The van der Waals surface area contributed by atoms with E-state index in [4.69, 9.17) is 9.47 Å². The Morgan fingerprint density at radius 3 is 2.31 bits per heavy atom. The van der Waals surface area contributed by atoms with Crippen molar-refractivity contribution in [1.29, 1.82) is 0 Å². The third-order valence-corrected chi connectivity index (χ3v) is 6.55. The van der Waals surface area contributed by atoms with Crippen molar-refractivity contribution in [2.45, 2.75) is 44.5 Å². The summed E-state index contributed by atoms with van der Waals surface area (Å²) in [6, 6.07) is 7.53. The fourth-order valence-corrected chi connectivity index (χ4v) is 4.32. The van der Waals surface area contributed by atoms with Gasteiger partial charge in [0.25, 0.3) is 5.91 Å². The molecule has 3 heterocycles. The first-order valence-electron chi connectivity index (χ1n) is 12.7. The quantitative estimate of drug-likeness (QED) is 0.334. The van der Waals surface area contributed by atoms with Crippen LogP contribution in [0.15, 0.2) is 42.5 Å². The lowest BCUT2D eigenvalue weighted by Crippen LogP contribution is -2.59. The molecule has 5 rings (SSSR count). The van der Waals surface area contributed by atoms with E-state index in [1.807, 2.05) is 0 Å². The molecule has 0 saturated carbocycles. The first-order chi connectivity index (χ1) is 18.6. The number of ether oxygens (including phenoxy) is 2. The van der Waals surface area contributed by atoms with E-state index in [9.17, 15) is 29.4 Å². The molecule has 1 saturated heterocycles. The van der Waals surface area contributed by atoms with E-state index in [-0.39, 0.29) is 29.4 Å². The number of aliphatic hydroxyl groups excluding tert-OH is 1. The van der Waals surface area contributed by atoms with Crippen LogP contribution in [0.5, 0.6) is 17.2 Å². The number of phenols is 1. The molecule has 4 bridgehead atoms. The van der Waals surface area contributed by atoms with Gasteiger partial charge in [-0.3, -0.25) is 19.2 Å². The predicted molar refractivity (Wildman–Crippen MR) is 138 cm³/mol. The van der Waals surface area contributed by atoms with Gasteiger partial charge in [0.15, 0.2) is 0 Å². The van der Waals surface area contributed by atoms with Gasteiger partial charge in [-0.1, -0.05) is 12.1 Å². The average Bonchev–Trinajstić information content (AvgIpc) is 2.92. The van der Waals surface area contributed by atoms with Crippen molar-refractivity contribution < 1.29 is 38.9 Å². The van der Waals surface area contributed by atoms with Gasteiger partial charge in [0.1, 0.15) is 35.4 Å². The zero-order chi connectivity index (χ0) is 28.1. The maximum Gasteiger partial charge on any atom is 0.255 e. The number of amides is 4. The van der Waals surface area contributed by atoms with Crippen LogP contribution in [0.2, 0.25) is 0 Å². The maximum atomic E-state index is 13.3. The summed E-state index contributed by atoms with van der Waals surface area (Å²) in [5, 5.41) is 28.1. The van der Waals surface area contributed by atoms with Gasteiger partial charge in [0.05, 0.1) is 24.9 Å². The van der Waals surface area contributed by atoms with E-state index in [2.05, 4.69) is 16.0 Å². The zero-order valence-corrected chi connectivity index (χ0v) is 21.7. The number of hydrogen-bond donors (Lipinski definition) is 5. The summed E-state index contributed by atoms with van der Waals surface area (Å²) in [6.45, 7) is 4.33. The molecule has 12 heteroatoms. The molecule has 0 spiro atoms. The van der Waals surface area contributed by atoms with Gasteiger partial charge in [-0.2, -0.15) is 0 Å². The first-order valence-corrected chi connectivity index (χ1v) is 12.7. The average molecular weight is 541 g/mol. The van der Waals surface area contributed by atoms with Gasteiger partial charge in [-0.05, 0) is 49.7 Å². The lowest BCUT2D eigenvalue weighted by molar-refractivity contribution is -0.140. The molecule has 12 nitrogen and oxygen atoms in total. The highest BCUT2D eigenvalue weighted by atomic mass is 16.5. The molecule has 2 aromatic rings. The lowest BCUT2D eigenvalue weighted by atomic mass is 10.0. The molecule has 1 fully saturated rings. The number of fused-ring (bicyclic) bond motifs is 11. The lowest BCUT2D eigenvalue weighted by Gasteiger charge is -2.31. The van der Waals surface area contributed by atoms with Crippen molar-refractivity contribution in [2.75, 3.05) is 26.3 Å². The van der Waals surface area contributed by atoms with Crippen molar-refractivity contribution in [1.82, 2.24) is 20.9 Å². The second kappa shape index (κ2) is 12.1. The molecule has 5 N–H and O–H groups in total. The summed E-state index contributed by atoms with van der Waals surface area (Å²) in [5.41, 5.74) is 0.589. The minimum Gasteiger partial charge on any atom is -0.507 e. The summed E-state index contributed by atoms with van der Waals surface area (Å²) in [7, 11) is 0. The molecule has 0 aliphatic carbocycles. The summed E-state index contributed by atoms with van der Waals surface area (Å²) < 4.78 is 11.2. The molecule has 0 unspecified atom stereocenters. The van der Waals surface area contributed by atoms with Gasteiger partial charge in [0, 0.05) is 19.5 Å². The number of nitrogens with one attached hydrogen (secondary N) is 3. The zero-order valence-electron chi connectivity index (χ0n) is 21.7. The van der Waals surface area contributed by atoms with E-state index in [1.165, 1.54) is 32.0 Å². The minimum absolute atomic E-state index is 0.168. The number of carbonyl (C=O) groups excluding carboxylic acids is 4. The highest BCUT2D eigenvalue weighted by molar-refractivity contribution is 6.00. The van der Waals surface area contributed by atoms with Crippen LogP contribution in [0.1, 0.15) is 29.8 Å². The summed E-state index contributed by atoms with van der Waals surface area (Å²) in [4.78, 5) is 54.0. The fourth-order valence-electron chi connectivity index (χ4n) is 4.32. The van der Waals surface area contributed by atoms with Crippen molar-refractivity contribution in [3.8, 4) is 17.2 Å². The SMILES string of the molecule is C[C@@H]1NC(=O)[C@H]([C@@H](C)O)NC(=O)c2cc(ccc2O)Oc2ccc(cc2)C[C@@H](C(=O)N2CCOCC2)NC1=O. The highest BCUT2D eigenvalue weighted by Crippen LogP contribution is 2.28. The number of phenolic OH excluding ortho intramolecular Hbond substituents is 1. The Labute approximate surface area is 225 Å². The van der Waals surface area contributed by atoms with E-state index in [0.29, 0.717) is 32.1 Å². The van der Waals surface area contributed by atoms with Crippen molar-refractivity contribution >= 4 is 23.6 Å². The van der Waals surface area contributed by atoms with Gasteiger partial charge in [-0.25, -0.2) is 0 Å². The topological polar surface area (TPSA) is 167 Å². The van der Waals surface area contributed by atoms with Crippen LogP contribution in [0.25, 0.3) is 0 Å². The van der Waals surface area contributed by atoms with E-state index >= 15 is 0 Å². The second-order valence-corrected chi connectivity index (χ2v) is 9.55. The van der Waals surface area contributed by atoms with Gasteiger partial charge in [0.2, 0.25) is 17.7 Å². The normalized spacial score (nSPS) is 23.4. The number of aromatic hydroxyl groups is 1. The first kappa shape index (κ1) is 27.9. The Morgan fingerprint density at radius 2 is 1.64 bits per heavy atom. The largest absolute Gasteiger partial charge is 0.507 e. The molecule has 2 aromatic carbocycles. The van der Waals surface area contributed by atoms with Gasteiger partial charge >= 0.3 is 0 Å². The number of hydrogen-bond acceptors (Lipinski definition) is 8. The van der Waals surface area contributed by atoms with Gasteiger partial charge in [-0.15, -0.1) is 0 Å². The Kier molecular flexibility index (Phi) is 8.67. The van der Waals surface area contributed by atoms with E-state index < -0.39 is 42.0 Å². The molecule has 4 amide bonds. The third kappa shape index (κ3) is 6.84. The minimum atomic E-state index is -1.44. The van der Waals surface area contributed by atoms with Crippen LogP contribution in [0, 0.1) is 0 Å². The number of carbonyl (C=O) groups is 4.